The van der Waals surface area contributed by atoms with Crippen molar-refractivity contribution in [2.75, 3.05) is 0 Å². The predicted molar refractivity (Wildman–Crippen MR) is 73.9 cm³/mol. The van der Waals surface area contributed by atoms with E-state index in [1.807, 2.05) is 52.0 Å². The van der Waals surface area contributed by atoms with Crippen molar-refractivity contribution in [1.82, 2.24) is 9.97 Å². The lowest BCUT2D eigenvalue weighted by atomic mass is 10.0. The molecule has 1 aromatic heterocycles. The molecule has 3 nitrogen and oxygen atoms in total. The molecule has 0 aliphatic carbocycles. The third-order valence-electron chi connectivity index (χ3n) is 3.01. The Morgan fingerprint density at radius 1 is 1.22 bits per heavy atom. The average molecular weight is 242 g/mol. The van der Waals surface area contributed by atoms with E-state index in [1.54, 1.807) is 0 Å². The van der Waals surface area contributed by atoms with Crippen LogP contribution < -0.4 is 5.56 Å². The van der Waals surface area contributed by atoms with Gasteiger partial charge in [-0.2, -0.15) is 0 Å². The largest absolute Gasteiger partial charge is 0.306 e. The van der Waals surface area contributed by atoms with Gasteiger partial charge in [0.2, 0.25) is 0 Å². The SMILES string of the molecule is Cc1cccc(-c2nc(C)c(C(C)C)c(=O)[nH]2)c1. The molecule has 0 atom stereocenters. The highest BCUT2D eigenvalue weighted by Crippen LogP contribution is 2.18. The van der Waals surface area contributed by atoms with Gasteiger partial charge in [-0.05, 0) is 25.8 Å². The standard InChI is InChI=1S/C15H18N2O/c1-9(2)13-11(4)16-14(17-15(13)18)12-7-5-6-10(3)8-12/h5-9H,1-4H3,(H,16,17,18). The first-order valence-electron chi connectivity index (χ1n) is 6.17. The predicted octanol–water partition coefficient (Wildman–Crippen LogP) is 3.18. The second-order valence-corrected chi connectivity index (χ2v) is 4.94. The van der Waals surface area contributed by atoms with Crippen LogP contribution in [0.3, 0.4) is 0 Å². The summed E-state index contributed by atoms with van der Waals surface area (Å²) in [5, 5.41) is 0. The van der Waals surface area contributed by atoms with Gasteiger partial charge in [0.05, 0.1) is 0 Å². The van der Waals surface area contributed by atoms with Crippen molar-refractivity contribution in [1.29, 1.82) is 0 Å². The lowest BCUT2D eigenvalue weighted by Crippen LogP contribution is -2.18. The fourth-order valence-corrected chi connectivity index (χ4v) is 2.20. The number of hydrogen-bond donors (Lipinski definition) is 1. The maximum atomic E-state index is 12.1. The monoisotopic (exact) mass is 242 g/mol. The van der Waals surface area contributed by atoms with Gasteiger partial charge in [0.15, 0.2) is 0 Å². The molecule has 2 aromatic rings. The van der Waals surface area contributed by atoms with Crippen LogP contribution >= 0.6 is 0 Å². The third kappa shape index (κ3) is 2.35. The van der Waals surface area contributed by atoms with Gasteiger partial charge in [0.25, 0.3) is 5.56 Å². The van der Waals surface area contributed by atoms with Crippen LogP contribution in [0, 0.1) is 13.8 Å². The van der Waals surface area contributed by atoms with Crippen molar-refractivity contribution in [3.05, 3.63) is 51.4 Å². The quantitative estimate of drug-likeness (QED) is 0.879. The maximum absolute atomic E-state index is 12.1. The Kier molecular flexibility index (Phi) is 3.32. The zero-order valence-electron chi connectivity index (χ0n) is 11.2. The van der Waals surface area contributed by atoms with E-state index in [0.717, 1.165) is 22.4 Å². The fraction of sp³-hybridized carbons (Fsp3) is 0.333. The van der Waals surface area contributed by atoms with Crippen LogP contribution in [0.25, 0.3) is 11.4 Å². The van der Waals surface area contributed by atoms with E-state index in [0.29, 0.717) is 5.82 Å². The molecular weight excluding hydrogens is 224 g/mol. The van der Waals surface area contributed by atoms with Crippen LogP contribution in [0.4, 0.5) is 0 Å². The van der Waals surface area contributed by atoms with Gasteiger partial charge >= 0.3 is 0 Å². The number of rotatable bonds is 2. The van der Waals surface area contributed by atoms with Gasteiger partial charge in [-0.25, -0.2) is 4.98 Å². The second-order valence-electron chi connectivity index (χ2n) is 4.94. The first-order chi connectivity index (χ1) is 8.49. The van der Waals surface area contributed by atoms with Crippen molar-refractivity contribution >= 4 is 0 Å². The van der Waals surface area contributed by atoms with E-state index in [4.69, 9.17) is 0 Å². The highest BCUT2D eigenvalue weighted by Gasteiger charge is 2.12. The normalized spacial score (nSPS) is 10.9. The second kappa shape index (κ2) is 4.77. The minimum Gasteiger partial charge on any atom is -0.306 e. The lowest BCUT2D eigenvalue weighted by molar-refractivity contribution is 0.815. The number of aromatic nitrogens is 2. The Balaban J connectivity index is 2.59. The fourth-order valence-electron chi connectivity index (χ4n) is 2.20. The van der Waals surface area contributed by atoms with Crippen molar-refractivity contribution in [3.8, 4) is 11.4 Å². The zero-order valence-corrected chi connectivity index (χ0v) is 11.2. The van der Waals surface area contributed by atoms with E-state index >= 15 is 0 Å². The topological polar surface area (TPSA) is 45.8 Å². The molecule has 0 aliphatic rings. The molecule has 0 fully saturated rings. The summed E-state index contributed by atoms with van der Waals surface area (Å²) < 4.78 is 0. The maximum Gasteiger partial charge on any atom is 0.254 e. The smallest absolute Gasteiger partial charge is 0.254 e. The van der Waals surface area contributed by atoms with Gasteiger partial charge < -0.3 is 4.98 Å². The molecule has 0 aliphatic heterocycles. The van der Waals surface area contributed by atoms with Crippen LogP contribution in [0.1, 0.15) is 36.6 Å². The Morgan fingerprint density at radius 3 is 2.50 bits per heavy atom. The Hall–Kier alpha value is -1.90. The minimum absolute atomic E-state index is 0.0333. The van der Waals surface area contributed by atoms with E-state index in [9.17, 15) is 4.79 Å². The number of hydrogen-bond acceptors (Lipinski definition) is 2. The molecule has 0 radical (unpaired) electrons. The molecule has 0 spiro atoms. The number of aromatic amines is 1. The number of nitrogens with one attached hydrogen (secondary N) is 1. The summed E-state index contributed by atoms with van der Waals surface area (Å²) in [5.41, 5.74) is 3.65. The average Bonchev–Trinajstić information content (AvgIpc) is 2.27. The zero-order chi connectivity index (χ0) is 13.3. The first-order valence-corrected chi connectivity index (χ1v) is 6.17. The minimum atomic E-state index is -0.0333. The number of benzene rings is 1. The summed E-state index contributed by atoms with van der Waals surface area (Å²) in [4.78, 5) is 19.5. The van der Waals surface area contributed by atoms with Crippen molar-refractivity contribution < 1.29 is 0 Å². The summed E-state index contributed by atoms with van der Waals surface area (Å²) in [5.74, 6) is 0.832. The molecule has 18 heavy (non-hydrogen) atoms. The third-order valence-corrected chi connectivity index (χ3v) is 3.01. The molecule has 0 bridgehead atoms. The molecule has 0 amide bonds. The molecule has 0 saturated heterocycles. The van der Waals surface area contributed by atoms with Crippen LogP contribution in [0.15, 0.2) is 29.1 Å². The van der Waals surface area contributed by atoms with Crippen LogP contribution in [-0.4, -0.2) is 9.97 Å². The Morgan fingerprint density at radius 2 is 1.94 bits per heavy atom. The highest BCUT2D eigenvalue weighted by atomic mass is 16.1. The summed E-state index contributed by atoms with van der Waals surface area (Å²) in [7, 11) is 0. The van der Waals surface area contributed by atoms with Gasteiger partial charge in [-0.3, -0.25) is 4.79 Å². The Labute approximate surface area is 107 Å². The van der Waals surface area contributed by atoms with Gasteiger partial charge in [0, 0.05) is 16.8 Å². The Bertz CT molecular complexity index is 627. The first kappa shape index (κ1) is 12.6. The van der Waals surface area contributed by atoms with Crippen molar-refractivity contribution in [2.45, 2.75) is 33.6 Å². The summed E-state index contributed by atoms with van der Waals surface area (Å²) in [6, 6.07) is 7.97. The molecule has 1 aromatic carbocycles. The van der Waals surface area contributed by atoms with E-state index < -0.39 is 0 Å². The van der Waals surface area contributed by atoms with E-state index in [2.05, 4.69) is 9.97 Å². The van der Waals surface area contributed by atoms with Gasteiger partial charge in [-0.15, -0.1) is 0 Å². The van der Waals surface area contributed by atoms with E-state index in [-0.39, 0.29) is 11.5 Å². The molecule has 1 heterocycles. The summed E-state index contributed by atoms with van der Waals surface area (Å²) in [6.45, 7) is 7.93. The van der Waals surface area contributed by atoms with Gasteiger partial charge in [-0.1, -0.05) is 37.6 Å². The molecule has 1 N–H and O–H groups in total. The number of aryl methyl sites for hydroxylation is 2. The van der Waals surface area contributed by atoms with Crippen LogP contribution in [-0.2, 0) is 0 Å². The van der Waals surface area contributed by atoms with Gasteiger partial charge in [0.1, 0.15) is 5.82 Å². The number of H-pyrrole nitrogens is 1. The van der Waals surface area contributed by atoms with Crippen molar-refractivity contribution in [3.63, 3.8) is 0 Å². The van der Waals surface area contributed by atoms with Crippen LogP contribution in [0.5, 0.6) is 0 Å². The molecular formula is C15H18N2O. The number of nitrogens with zero attached hydrogens (tertiary/aromatic N) is 1. The molecule has 3 heteroatoms. The molecule has 2 rings (SSSR count). The van der Waals surface area contributed by atoms with Crippen LogP contribution in [0.2, 0.25) is 0 Å². The molecule has 94 valence electrons. The highest BCUT2D eigenvalue weighted by molar-refractivity contribution is 5.56. The lowest BCUT2D eigenvalue weighted by Gasteiger charge is -2.10. The summed E-state index contributed by atoms with van der Waals surface area (Å²) >= 11 is 0. The summed E-state index contributed by atoms with van der Waals surface area (Å²) in [6.07, 6.45) is 0. The van der Waals surface area contributed by atoms with E-state index in [1.165, 1.54) is 0 Å². The molecule has 0 saturated carbocycles. The van der Waals surface area contributed by atoms with Crippen molar-refractivity contribution in [2.24, 2.45) is 0 Å². The molecule has 0 unspecified atom stereocenters.